The van der Waals surface area contributed by atoms with Crippen molar-refractivity contribution in [1.82, 2.24) is 19.7 Å². The smallest absolute Gasteiger partial charge is 0.234 e. The number of hydrogen-bond donors (Lipinski definition) is 1. The van der Waals surface area contributed by atoms with Crippen LogP contribution in [-0.4, -0.2) is 31.4 Å². The summed E-state index contributed by atoms with van der Waals surface area (Å²) in [5.74, 6) is 0.919. The molecule has 2 heterocycles. The van der Waals surface area contributed by atoms with Gasteiger partial charge in [-0.25, -0.2) is 0 Å². The number of pyridine rings is 1. The van der Waals surface area contributed by atoms with Crippen molar-refractivity contribution in [3.8, 4) is 11.4 Å². The van der Waals surface area contributed by atoms with Crippen molar-refractivity contribution in [3.63, 3.8) is 0 Å². The minimum Gasteiger partial charge on any atom is -0.324 e. The second-order valence-corrected chi connectivity index (χ2v) is 7.03. The Morgan fingerprint density at radius 1 is 1.25 bits per heavy atom. The number of aromatic nitrogens is 4. The summed E-state index contributed by atoms with van der Waals surface area (Å²) in [6, 6.07) is 11.4. The quantitative estimate of drug-likeness (QED) is 0.477. The van der Waals surface area contributed by atoms with Crippen LogP contribution in [0.1, 0.15) is 0 Å². The summed E-state index contributed by atoms with van der Waals surface area (Å²) in [5.41, 5.74) is 1.71. The van der Waals surface area contributed by atoms with Crippen molar-refractivity contribution in [2.24, 2.45) is 7.05 Å². The molecular weight excluding hydrogens is 437 g/mol. The highest BCUT2D eigenvalue weighted by Crippen LogP contribution is 2.22. The van der Waals surface area contributed by atoms with E-state index in [1.807, 2.05) is 48.0 Å². The van der Waals surface area contributed by atoms with Gasteiger partial charge in [0.25, 0.3) is 0 Å². The molecule has 3 aromatic rings. The number of carbonyl (C=O) groups excluding carboxylic acids is 1. The minimum atomic E-state index is -0.0740. The number of nitrogens with one attached hydrogen (secondary N) is 1. The Hall–Kier alpha value is -1.94. The van der Waals surface area contributed by atoms with Crippen LogP contribution >= 0.6 is 34.4 Å². The average molecular weight is 451 g/mol. The van der Waals surface area contributed by atoms with E-state index in [0.717, 1.165) is 20.6 Å². The number of benzene rings is 1. The van der Waals surface area contributed by atoms with Crippen molar-refractivity contribution in [2.45, 2.75) is 5.16 Å². The summed E-state index contributed by atoms with van der Waals surface area (Å²) < 4.78 is 2.87. The van der Waals surface area contributed by atoms with Gasteiger partial charge in [0.05, 0.1) is 11.4 Å². The van der Waals surface area contributed by atoms with Crippen molar-refractivity contribution < 1.29 is 4.79 Å². The van der Waals surface area contributed by atoms with E-state index >= 15 is 0 Å². The second kappa shape index (κ2) is 7.75. The standard InChI is InChI=1S/C16H14IN5OS/c1-22-15(11-5-4-8-18-9-11)20-21-16(22)24-10-14(23)19-13-7-3-2-6-12(13)17/h2-9H,10H2,1H3,(H,19,23). The largest absolute Gasteiger partial charge is 0.324 e. The first-order valence-corrected chi connectivity index (χ1v) is 9.18. The number of nitrogens with zero attached hydrogens (tertiary/aromatic N) is 4. The number of hydrogen-bond acceptors (Lipinski definition) is 5. The van der Waals surface area contributed by atoms with Gasteiger partial charge in [-0.1, -0.05) is 23.9 Å². The van der Waals surface area contributed by atoms with Gasteiger partial charge >= 0.3 is 0 Å². The Morgan fingerprint density at radius 2 is 2.08 bits per heavy atom. The fourth-order valence-corrected chi connectivity index (χ4v) is 3.30. The Bertz CT molecular complexity index is 853. The zero-order chi connectivity index (χ0) is 16.9. The maximum atomic E-state index is 12.1. The van der Waals surface area contributed by atoms with Gasteiger partial charge in [-0.2, -0.15) is 0 Å². The van der Waals surface area contributed by atoms with E-state index in [0.29, 0.717) is 5.16 Å². The maximum Gasteiger partial charge on any atom is 0.234 e. The van der Waals surface area contributed by atoms with Crippen molar-refractivity contribution in [2.75, 3.05) is 11.1 Å². The topological polar surface area (TPSA) is 72.7 Å². The van der Waals surface area contributed by atoms with Crippen LogP contribution in [0.25, 0.3) is 11.4 Å². The third kappa shape index (κ3) is 3.93. The van der Waals surface area contributed by atoms with E-state index in [1.54, 1.807) is 12.4 Å². The summed E-state index contributed by atoms with van der Waals surface area (Å²) in [4.78, 5) is 16.2. The van der Waals surface area contributed by atoms with Crippen LogP contribution in [0.4, 0.5) is 5.69 Å². The number of anilines is 1. The Labute approximate surface area is 157 Å². The Balaban J connectivity index is 1.64. The predicted octanol–water partition coefficient (Wildman–Crippen LogP) is 3.21. The normalized spacial score (nSPS) is 10.6. The van der Waals surface area contributed by atoms with Gasteiger partial charge in [0.2, 0.25) is 5.91 Å². The van der Waals surface area contributed by atoms with Crippen LogP contribution in [0.2, 0.25) is 0 Å². The van der Waals surface area contributed by atoms with Crippen molar-refractivity contribution in [1.29, 1.82) is 0 Å². The van der Waals surface area contributed by atoms with Crippen LogP contribution in [-0.2, 0) is 11.8 Å². The number of rotatable bonds is 5. The maximum absolute atomic E-state index is 12.1. The van der Waals surface area contributed by atoms with E-state index in [2.05, 4.69) is 43.1 Å². The summed E-state index contributed by atoms with van der Waals surface area (Å²) in [6.07, 6.45) is 3.45. The van der Waals surface area contributed by atoms with Gasteiger partial charge in [-0.05, 0) is 46.9 Å². The summed E-state index contributed by atoms with van der Waals surface area (Å²) in [5, 5.41) is 11.9. The highest BCUT2D eigenvalue weighted by molar-refractivity contribution is 14.1. The molecule has 8 heteroatoms. The molecule has 1 amide bonds. The molecule has 0 aliphatic heterocycles. The molecule has 122 valence electrons. The van der Waals surface area contributed by atoms with E-state index in [1.165, 1.54) is 11.8 Å². The first-order chi connectivity index (χ1) is 11.6. The molecule has 3 rings (SSSR count). The van der Waals surface area contributed by atoms with E-state index in [-0.39, 0.29) is 11.7 Å². The van der Waals surface area contributed by atoms with E-state index < -0.39 is 0 Å². The lowest BCUT2D eigenvalue weighted by atomic mass is 10.3. The monoisotopic (exact) mass is 451 g/mol. The molecule has 1 N–H and O–H groups in total. The van der Waals surface area contributed by atoms with E-state index in [9.17, 15) is 4.79 Å². The van der Waals surface area contributed by atoms with Crippen LogP contribution in [0, 0.1) is 3.57 Å². The molecule has 0 atom stereocenters. The lowest BCUT2D eigenvalue weighted by molar-refractivity contribution is -0.113. The average Bonchev–Trinajstić information content (AvgIpc) is 2.97. The SMILES string of the molecule is Cn1c(SCC(=O)Nc2ccccc2I)nnc1-c1cccnc1. The molecule has 0 aliphatic carbocycles. The first-order valence-electron chi connectivity index (χ1n) is 7.12. The predicted molar refractivity (Wildman–Crippen MR) is 103 cm³/mol. The number of amides is 1. The van der Waals surface area contributed by atoms with Gasteiger partial charge in [0.1, 0.15) is 0 Å². The third-order valence-corrected chi connectivity index (χ3v) is 5.20. The van der Waals surface area contributed by atoms with Crippen LogP contribution in [0.15, 0.2) is 53.9 Å². The van der Waals surface area contributed by atoms with Gasteiger partial charge in [-0.3, -0.25) is 9.78 Å². The highest BCUT2D eigenvalue weighted by atomic mass is 127. The first kappa shape index (κ1) is 16.9. The molecule has 0 spiro atoms. The summed E-state index contributed by atoms with van der Waals surface area (Å²) in [7, 11) is 1.88. The van der Waals surface area contributed by atoms with Gasteiger partial charge in [0.15, 0.2) is 11.0 Å². The molecule has 2 aromatic heterocycles. The molecule has 6 nitrogen and oxygen atoms in total. The molecule has 0 radical (unpaired) electrons. The molecule has 24 heavy (non-hydrogen) atoms. The van der Waals surface area contributed by atoms with Crippen LogP contribution < -0.4 is 5.32 Å². The number of thioether (sulfide) groups is 1. The molecular formula is C16H14IN5OS. The zero-order valence-electron chi connectivity index (χ0n) is 12.8. The number of para-hydroxylation sites is 1. The molecule has 0 saturated carbocycles. The number of halogens is 1. The van der Waals surface area contributed by atoms with E-state index in [4.69, 9.17) is 0 Å². The van der Waals surface area contributed by atoms with Crippen molar-refractivity contribution in [3.05, 3.63) is 52.4 Å². The number of carbonyl (C=O) groups is 1. The third-order valence-electron chi connectivity index (χ3n) is 3.23. The molecule has 0 unspecified atom stereocenters. The van der Waals surface area contributed by atoms with Gasteiger partial charge in [-0.15, -0.1) is 10.2 Å². The minimum absolute atomic E-state index is 0.0740. The Kier molecular flexibility index (Phi) is 5.46. The van der Waals surface area contributed by atoms with Crippen molar-refractivity contribution >= 4 is 45.9 Å². The fourth-order valence-electron chi connectivity index (χ4n) is 2.07. The lowest BCUT2D eigenvalue weighted by Crippen LogP contribution is -2.15. The zero-order valence-corrected chi connectivity index (χ0v) is 15.8. The van der Waals surface area contributed by atoms with Gasteiger partial charge < -0.3 is 9.88 Å². The molecule has 0 fully saturated rings. The molecule has 0 bridgehead atoms. The second-order valence-electron chi connectivity index (χ2n) is 4.92. The Morgan fingerprint density at radius 3 is 2.83 bits per heavy atom. The van der Waals surface area contributed by atoms with Crippen LogP contribution in [0.3, 0.4) is 0 Å². The summed E-state index contributed by atoms with van der Waals surface area (Å²) >= 11 is 3.55. The fraction of sp³-hybridized carbons (Fsp3) is 0.125. The highest BCUT2D eigenvalue weighted by Gasteiger charge is 2.13. The summed E-state index contributed by atoms with van der Waals surface area (Å²) in [6.45, 7) is 0. The van der Waals surface area contributed by atoms with Gasteiger partial charge in [0, 0.05) is 28.6 Å². The lowest BCUT2D eigenvalue weighted by Gasteiger charge is -2.07. The molecule has 0 aliphatic rings. The molecule has 1 aromatic carbocycles. The van der Waals surface area contributed by atoms with Crippen LogP contribution in [0.5, 0.6) is 0 Å². The molecule has 0 saturated heterocycles.